The summed E-state index contributed by atoms with van der Waals surface area (Å²) in [5.41, 5.74) is 8.00. The highest BCUT2D eigenvalue weighted by Crippen LogP contribution is 2.51. The van der Waals surface area contributed by atoms with E-state index < -0.39 is 0 Å². The second-order valence-electron chi connectivity index (χ2n) is 14.0. The molecule has 1 fully saturated rings. The molecule has 0 radical (unpaired) electrons. The number of nitrogens with zero attached hydrogens (tertiary/aromatic N) is 2. The second-order valence-corrected chi connectivity index (χ2v) is 14.0. The fourth-order valence-corrected chi connectivity index (χ4v) is 6.09. The van der Waals surface area contributed by atoms with Crippen molar-refractivity contribution in [2.45, 2.75) is 97.3 Å². The van der Waals surface area contributed by atoms with Gasteiger partial charge in [-0.15, -0.1) is 0 Å². The van der Waals surface area contributed by atoms with Gasteiger partial charge in [0.15, 0.2) is 0 Å². The molecule has 2 aromatic carbocycles. The summed E-state index contributed by atoms with van der Waals surface area (Å²) in [5.74, 6) is 2.98. The first-order chi connectivity index (χ1) is 20.1. The van der Waals surface area contributed by atoms with Crippen LogP contribution in [-0.2, 0) is 29.5 Å². The molecule has 1 saturated carbocycles. The molecule has 2 atom stereocenters. The molecule has 2 aliphatic carbocycles. The lowest BCUT2D eigenvalue weighted by Gasteiger charge is -2.18. The molecule has 0 N–H and O–H groups in total. The molecule has 0 bridgehead atoms. The molecule has 3 aromatic rings. The van der Waals surface area contributed by atoms with Gasteiger partial charge >= 0.3 is 0 Å². The first kappa shape index (κ1) is 28.6. The number of benzene rings is 2. The zero-order valence-corrected chi connectivity index (χ0v) is 25.8. The van der Waals surface area contributed by atoms with Gasteiger partial charge in [-0.2, -0.15) is 0 Å². The zero-order chi connectivity index (χ0) is 29.5. The lowest BCUT2D eigenvalue weighted by Crippen LogP contribution is -2.14. The normalized spacial score (nSPS) is 19.1. The number of carbonyl (C=O) groups excluding carboxylic acids is 1. The van der Waals surface area contributed by atoms with Crippen LogP contribution in [0, 0.1) is 11.3 Å². The Morgan fingerprint density at radius 1 is 1.10 bits per heavy atom. The van der Waals surface area contributed by atoms with E-state index in [1.54, 1.807) is 0 Å². The van der Waals surface area contributed by atoms with Crippen molar-refractivity contribution in [2.24, 2.45) is 16.3 Å². The number of Topliss-reactive ketones (excluding diaryl/α,β-unsaturated/α-hetero) is 1. The Balaban J connectivity index is 1.04. The average molecular weight is 565 g/mol. The fraction of sp³-hybridized carbons (Fsp3) is 0.486. The van der Waals surface area contributed by atoms with Crippen molar-refractivity contribution in [2.75, 3.05) is 6.61 Å². The van der Waals surface area contributed by atoms with Crippen LogP contribution in [0.3, 0.4) is 0 Å². The summed E-state index contributed by atoms with van der Waals surface area (Å²) in [6.45, 7) is 11.7. The first-order valence-corrected chi connectivity index (χ1v) is 15.7. The third-order valence-corrected chi connectivity index (χ3v) is 9.46. The van der Waals surface area contributed by atoms with E-state index in [0.29, 0.717) is 17.5 Å². The first-order valence-electron chi connectivity index (χ1n) is 15.7. The van der Waals surface area contributed by atoms with Gasteiger partial charge in [0.25, 0.3) is 0 Å². The molecule has 0 saturated heterocycles. The maximum Gasteiger partial charge on any atom is 0.143 e. The lowest BCUT2D eigenvalue weighted by molar-refractivity contribution is -0.117. The summed E-state index contributed by atoms with van der Waals surface area (Å²) < 4.78 is 11.8. The number of allylic oxidation sites excluding steroid dienone is 1. The van der Waals surface area contributed by atoms with E-state index in [-0.39, 0.29) is 23.5 Å². The molecule has 0 spiro atoms. The number of ether oxygens (including phenoxy) is 1. The summed E-state index contributed by atoms with van der Waals surface area (Å²) in [5, 5.41) is 4.09. The molecule has 0 amide bonds. The molecule has 2 heterocycles. The second kappa shape index (κ2) is 11.3. The van der Waals surface area contributed by atoms with E-state index in [1.165, 1.54) is 48.9 Å². The monoisotopic (exact) mass is 564 g/mol. The van der Waals surface area contributed by atoms with E-state index >= 15 is 0 Å². The van der Waals surface area contributed by atoms with Crippen LogP contribution in [0.2, 0.25) is 0 Å². The van der Waals surface area contributed by atoms with Gasteiger partial charge < -0.3 is 9.26 Å². The number of carbonyl (C=O) groups is 1. The minimum Gasteiger partial charge on any atom is -0.493 e. The largest absolute Gasteiger partial charge is 0.493 e. The molecule has 5 nitrogen and oxygen atoms in total. The molecule has 6 rings (SSSR count). The van der Waals surface area contributed by atoms with Gasteiger partial charge in [0.1, 0.15) is 17.3 Å². The Hall–Kier alpha value is -3.47. The van der Waals surface area contributed by atoms with E-state index in [9.17, 15) is 4.79 Å². The summed E-state index contributed by atoms with van der Waals surface area (Å²) in [4.78, 5) is 17.7. The van der Waals surface area contributed by atoms with Gasteiger partial charge in [-0.1, -0.05) is 82.9 Å². The van der Waals surface area contributed by atoms with E-state index in [4.69, 9.17) is 14.3 Å². The number of fused-ring (bicyclic) bond motifs is 3. The van der Waals surface area contributed by atoms with Gasteiger partial charge in [0.05, 0.1) is 24.4 Å². The van der Waals surface area contributed by atoms with Crippen molar-refractivity contribution in [1.29, 1.82) is 0 Å². The van der Waals surface area contributed by atoms with Crippen molar-refractivity contribution < 1.29 is 14.1 Å². The van der Waals surface area contributed by atoms with E-state index in [2.05, 4.69) is 76.2 Å². The molecule has 42 heavy (non-hydrogen) atoms. The van der Waals surface area contributed by atoms with Crippen LogP contribution in [0.25, 0.3) is 5.70 Å². The molecule has 5 heteroatoms. The molecular weight excluding hydrogens is 520 g/mol. The molecule has 3 aliphatic rings. The maximum atomic E-state index is 12.7. The quantitative estimate of drug-likeness (QED) is 0.221. The van der Waals surface area contributed by atoms with Gasteiger partial charge in [-0.3, -0.25) is 9.79 Å². The number of aliphatic imine (C=N–C) groups is 1. The molecule has 220 valence electrons. The Morgan fingerprint density at radius 2 is 1.88 bits per heavy atom. The predicted octanol–water partition coefficient (Wildman–Crippen LogP) is 8.45. The highest BCUT2D eigenvalue weighted by molar-refractivity contribution is 6.05. The van der Waals surface area contributed by atoms with E-state index in [0.717, 1.165) is 47.3 Å². The molecule has 1 aromatic heterocycles. The number of hydrogen-bond donors (Lipinski definition) is 0. The predicted molar refractivity (Wildman–Crippen MR) is 168 cm³/mol. The van der Waals surface area contributed by atoms with Crippen LogP contribution in [0.5, 0.6) is 5.75 Å². The SMILES string of the molecule is CC[C@H](C)CCC1(COc2ccc3c(c2)CC2=NC(c4ccc(CC(=O)Cc5cc(C(C)(C)C)on5)cc4)=CC23)CC1. The number of ketones is 1. The van der Waals surface area contributed by atoms with Crippen molar-refractivity contribution in [3.63, 3.8) is 0 Å². The van der Waals surface area contributed by atoms with Crippen molar-refractivity contribution in [1.82, 2.24) is 5.16 Å². The zero-order valence-electron chi connectivity index (χ0n) is 25.8. The smallest absolute Gasteiger partial charge is 0.143 e. The fourth-order valence-electron chi connectivity index (χ4n) is 6.09. The minimum atomic E-state index is -0.119. The van der Waals surface area contributed by atoms with Crippen LogP contribution in [0.1, 0.15) is 106 Å². The molecule has 1 aliphatic heterocycles. The van der Waals surface area contributed by atoms with Gasteiger partial charge in [0.2, 0.25) is 0 Å². The van der Waals surface area contributed by atoms with E-state index in [1.807, 2.05) is 18.2 Å². The third kappa shape index (κ3) is 6.30. The topological polar surface area (TPSA) is 64.7 Å². The minimum absolute atomic E-state index is 0.119. The van der Waals surface area contributed by atoms with Crippen LogP contribution in [0.4, 0.5) is 0 Å². The van der Waals surface area contributed by atoms with Gasteiger partial charge in [-0.05, 0) is 65.6 Å². The van der Waals surface area contributed by atoms with Gasteiger partial charge in [0, 0.05) is 41.4 Å². The van der Waals surface area contributed by atoms with Crippen LogP contribution < -0.4 is 4.74 Å². The summed E-state index contributed by atoms with van der Waals surface area (Å²) >= 11 is 0. The number of rotatable bonds is 12. The maximum absolute atomic E-state index is 12.7. The third-order valence-electron chi connectivity index (χ3n) is 9.46. The lowest BCUT2D eigenvalue weighted by atomic mass is 9.93. The highest BCUT2D eigenvalue weighted by atomic mass is 16.5. The van der Waals surface area contributed by atoms with Crippen LogP contribution in [-0.4, -0.2) is 23.3 Å². The summed E-state index contributed by atoms with van der Waals surface area (Å²) in [6.07, 6.45) is 10.3. The average Bonchev–Trinajstić information content (AvgIpc) is 3.23. The van der Waals surface area contributed by atoms with Crippen molar-refractivity contribution in [3.8, 4) is 5.75 Å². The Morgan fingerprint density at radius 3 is 2.57 bits per heavy atom. The Labute approximate surface area is 250 Å². The Kier molecular flexibility index (Phi) is 7.72. The Bertz CT molecular complexity index is 1520. The van der Waals surface area contributed by atoms with Crippen LogP contribution in [0.15, 0.2) is 64.1 Å². The standard InChI is InChI=1S/C37H44N2O3/c1-6-24(2)13-14-37(15-16-37)23-41-30-11-12-31-27(18-30)19-34-32(31)22-33(38-34)26-9-7-25(8-10-26)17-29(40)20-28-21-35(42-39-28)36(3,4)5/h7-12,18,21-22,24,32H,6,13-17,19-20,23H2,1-5H3/t24-,32?/m0/s1. The molecular formula is C37H44N2O3. The number of aromatic nitrogens is 1. The number of hydrogen-bond acceptors (Lipinski definition) is 5. The summed E-state index contributed by atoms with van der Waals surface area (Å²) in [6, 6.07) is 16.8. The highest BCUT2D eigenvalue weighted by Gasteiger charge is 2.43. The summed E-state index contributed by atoms with van der Waals surface area (Å²) in [7, 11) is 0. The van der Waals surface area contributed by atoms with Crippen LogP contribution >= 0.6 is 0 Å². The van der Waals surface area contributed by atoms with Crippen molar-refractivity contribution in [3.05, 3.63) is 88.3 Å². The molecule has 1 unspecified atom stereocenters. The van der Waals surface area contributed by atoms with Gasteiger partial charge in [-0.25, -0.2) is 0 Å². The van der Waals surface area contributed by atoms with Crippen molar-refractivity contribution >= 4 is 17.2 Å².